The van der Waals surface area contributed by atoms with E-state index in [4.69, 9.17) is 16.3 Å². The first kappa shape index (κ1) is 18.3. The summed E-state index contributed by atoms with van der Waals surface area (Å²) in [6, 6.07) is 14.9. The first-order valence-electron chi connectivity index (χ1n) is 9.66. The molecule has 2 N–H and O–H groups in total. The van der Waals surface area contributed by atoms with Crippen LogP contribution in [0.3, 0.4) is 0 Å². The number of aromatic amines is 1. The molecule has 3 atom stereocenters. The van der Waals surface area contributed by atoms with Crippen molar-refractivity contribution in [3.05, 3.63) is 76.5 Å². The summed E-state index contributed by atoms with van der Waals surface area (Å²) in [6.07, 6.45) is 3.04. The highest BCUT2D eigenvalue weighted by atomic mass is 35.5. The molecule has 0 unspecified atom stereocenters. The SMILES string of the molecule is COc1ccc([C@H]2CC(Cl)=C[C@@H]3c4[nH]c5ccccc5c4C[C@@H](C(=O)O)N32)cc1. The van der Waals surface area contributed by atoms with Gasteiger partial charge in [0.2, 0.25) is 0 Å². The van der Waals surface area contributed by atoms with Crippen LogP contribution in [0.2, 0.25) is 0 Å². The van der Waals surface area contributed by atoms with Crippen molar-refractivity contribution in [2.75, 3.05) is 7.11 Å². The number of fused-ring (bicyclic) bond motifs is 5. The molecule has 1 aromatic heterocycles. The first-order chi connectivity index (χ1) is 14.1. The van der Waals surface area contributed by atoms with Gasteiger partial charge in [-0.1, -0.05) is 41.9 Å². The fourth-order valence-corrected chi connectivity index (χ4v) is 5.04. The summed E-state index contributed by atoms with van der Waals surface area (Å²) in [5, 5.41) is 11.9. The second-order valence-electron chi connectivity index (χ2n) is 7.62. The molecule has 0 aliphatic carbocycles. The summed E-state index contributed by atoms with van der Waals surface area (Å²) in [5.41, 5.74) is 4.18. The van der Waals surface area contributed by atoms with Crippen LogP contribution in [-0.4, -0.2) is 34.1 Å². The van der Waals surface area contributed by atoms with Crippen LogP contribution in [-0.2, 0) is 11.2 Å². The van der Waals surface area contributed by atoms with E-state index in [1.54, 1.807) is 7.11 Å². The normalized spacial score (nSPS) is 23.9. The Balaban J connectivity index is 1.67. The molecule has 5 nitrogen and oxygen atoms in total. The molecule has 0 spiro atoms. The van der Waals surface area contributed by atoms with Gasteiger partial charge in [-0.25, -0.2) is 0 Å². The maximum absolute atomic E-state index is 12.3. The highest BCUT2D eigenvalue weighted by Gasteiger charge is 2.45. The van der Waals surface area contributed by atoms with Crippen LogP contribution in [0.25, 0.3) is 10.9 Å². The van der Waals surface area contributed by atoms with Crippen molar-refractivity contribution in [1.82, 2.24) is 9.88 Å². The molecule has 0 saturated heterocycles. The molecule has 0 radical (unpaired) electrons. The summed E-state index contributed by atoms with van der Waals surface area (Å²) in [5.74, 6) is -0.0371. The van der Waals surface area contributed by atoms with Crippen molar-refractivity contribution in [2.45, 2.75) is 31.0 Å². The number of carboxylic acid groups (broad SMARTS) is 1. The Morgan fingerprint density at radius 3 is 2.66 bits per heavy atom. The van der Waals surface area contributed by atoms with Gasteiger partial charge in [0.1, 0.15) is 11.8 Å². The number of carboxylic acids is 1. The van der Waals surface area contributed by atoms with Gasteiger partial charge in [-0.2, -0.15) is 0 Å². The fraction of sp³-hybridized carbons (Fsp3) is 0.261. The highest BCUT2D eigenvalue weighted by molar-refractivity contribution is 6.29. The molecule has 2 aliphatic heterocycles. The van der Waals surface area contributed by atoms with E-state index in [-0.39, 0.29) is 12.1 Å². The monoisotopic (exact) mass is 408 g/mol. The third-order valence-corrected chi connectivity index (χ3v) is 6.37. The summed E-state index contributed by atoms with van der Waals surface area (Å²) in [6.45, 7) is 0. The Morgan fingerprint density at radius 1 is 1.17 bits per heavy atom. The van der Waals surface area contributed by atoms with Crippen molar-refractivity contribution < 1.29 is 14.6 Å². The number of hydrogen-bond donors (Lipinski definition) is 2. The third kappa shape index (κ3) is 2.93. The Kier molecular flexibility index (Phi) is 4.37. The number of methoxy groups -OCH3 is 1. The molecular weight excluding hydrogens is 388 g/mol. The minimum Gasteiger partial charge on any atom is -0.497 e. The van der Waals surface area contributed by atoms with Gasteiger partial charge in [0.05, 0.1) is 13.2 Å². The number of benzene rings is 2. The lowest BCUT2D eigenvalue weighted by atomic mass is 9.84. The maximum atomic E-state index is 12.3. The number of nitrogens with zero attached hydrogens (tertiary/aromatic N) is 1. The summed E-state index contributed by atoms with van der Waals surface area (Å²) < 4.78 is 5.27. The smallest absolute Gasteiger partial charge is 0.321 e. The van der Waals surface area contributed by atoms with Crippen LogP contribution >= 0.6 is 11.6 Å². The molecule has 2 aliphatic rings. The number of halogens is 1. The molecule has 0 saturated carbocycles. The quantitative estimate of drug-likeness (QED) is 0.653. The number of H-pyrrole nitrogens is 1. The van der Waals surface area contributed by atoms with Crippen LogP contribution < -0.4 is 4.74 Å². The average molecular weight is 409 g/mol. The molecule has 0 bridgehead atoms. The standard InChI is InChI=1S/C23H21ClN2O3/c1-29-15-8-6-13(7-9-15)19-10-14(24)11-20-22-17(12-21(23(27)28)26(19)20)16-4-2-3-5-18(16)25-22/h2-9,11,19-21,25H,10,12H2,1H3,(H,27,28)/t19-,20-,21+/m1/s1. The molecular formula is C23H21ClN2O3. The summed E-state index contributed by atoms with van der Waals surface area (Å²) in [7, 11) is 1.63. The number of carbonyl (C=O) groups is 1. The number of para-hydroxylation sites is 1. The molecule has 0 fully saturated rings. The molecule has 5 rings (SSSR count). The van der Waals surface area contributed by atoms with Crippen molar-refractivity contribution in [1.29, 1.82) is 0 Å². The van der Waals surface area contributed by atoms with Crippen LogP contribution in [0.5, 0.6) is 5.75 Å². The van der Waals surface area contributed by atoms with E-state index >= 15 is 0 Å². The molecule has 0 amide bonds. The fourth-order valence-electron chi connectivity index (χ4n) is 4.78. The van der Waals surface area contributed by atoms with Gasteiger partial charge in [0, 0.05) is 40.5 Å². The zero-order chi connectivity index (χ0) is 20.1. The van der Waals surface area contributed by atoms with E-state index in [2.05, 4.69) is 9.88 Å². The lowest BCUT2D eigenvalue weighted by Gasteiger charge is -2.46. The number of hydrogen-bond acceptors (Lipinski definition) is 3. The van der Waals surface area contributed by atoms with Crippen LogP contribution in [0.4, 0.5) is 0 Å². The van der Waals surface area contributed by atoms with Gasteiger partial charge in [-0.05, 0) is 35.4 Å². The van der Waals surface area contributed by atoms with E-state index < -0.39 is 12.0 Å². The molecule has 29 heavy (non-hydrogen) atoms. The average Bonchev–Trinajstić information content (AvgIpc) is 3.11. The second kappa shape index (κ2) is 6.94. The predicted octanol–water partition coefficient (Wildman–Crippen LogP) is 4.80. The Hall–Kier alpha value is -2.76. The van der Waals surface area contributed by atoms with E-state index in [9.17, 15) is 9.90 Å². The molecule has 3 heterocycles. The molecule has 3 aromatic rings. The van der Waals surface area contributed by atoms with Gasteiger partial charge in [0.25, 0.3) is 0 Å². The zero-order valence-corrected chi connectivity index (χ0v) is 16.7. The zero-order valence-electron chi connectivity index (χ0n) is 15.9. The molecule has 148 valence electrons. The Bertz CT molecular complexity index is 1120. The largest absolute Gasteiger partial charge is 0.497 e. The topological polar surface area (TPSA) is 65.6 Å². The van der Waals surface area contributed by atoms with Crippen molar-refractivity contribution in [3.63, 3.8) is 0 Å². The predicted molar refractivity (Wildman–Crippen MR) is 112 cm³/mol. The number of ether oxygens (including phenoxy) is 1. The van der Waals surface area contributed by atoms with Crippen molar-refractivity contribution in [2.24, 2.45) is 0 Å². The number of nitrogens with one attached hydrogen (secondary N) is 1. The highest BCUT2D eigenvalue weighted by Crippen LogP contribution is 2.48. The van der Waals surface area contributed by atoms with E-state index in [0.717, 1.165) is 38.5 Å². The van der Waals surface area contributed by atoms with Crippen molar-refractivity contribution in [3.8, 4) is 5.75 Å². The van der Waals surface area contributed by atoms with E-state index in [0.29, 0.717) is 12.8 Å². The Morgan fingerprint density at radius 2 is 1.93 bits per heavy atom. The van der Waals surface area contributed by atoms with Gasteiger partial charge in [0.15, 0.2) is 0 Å². The Labute approximate surface area is 173 Å². The first-order valence-corrected chi connectivity index (χ1v) is 10.0. The van der Waals surface area contributed by atoms with Crippen LogP contribution in [0.1, 0.15) is 35.3 Å². The van der Waals surface area contributed by atoms with Gasteiger partial charge in [-0.15, -0.1) is 0 Å². The number of rotatable bonds is 3. The molecule has 6 heteroatoms. The number of aliphatic carboxylic acids is 1. The second-order valence-corrected chi connectivity index (χ2v) is 8.11. The lowest BCUT2D eigenvalue weighted by molar-refractivity contribution is -0.146. The number of aromatic nitrogens is 1. The van der Waals surface area contributed by atoms with Gasteiger partial charge in [-0.3, -0.25) is 9.69 Å². The summed E-state index contributed by atoms with van der Waals surface area (Å²) in [4.78, 5) is 17.9. The minimum absolute atomic E-state index is 0.121. The lowest BCUT2D eigenvalue weighted by Crippen LogP contribution is -2.50. The minimum atomic E-state index is -0.809. The van der Waals surface area contributed by atoms with Crippen LogP contribution in [0.15, 0.2) is 59.6 Å². The van der Waals surface area contributed by atoms with Gasteiger partial charge >= 0.3 is 5.97 Å². The van der Waals surface area contributed by atoms with Crippen LogP contribution in [0, 0.1) is 0 Å². The van der Waals surface area contributed by atoms with E-state index in [1.165, 1.54) is 0 Å². The third-order valence-electron chi connectivity index (χ3n) is 6.09. The van der Waals surface area contributed by atoms with E-state index in [1.807, 2.05) is 54.6 Å². The summed E-state index contributed by atoms with van der Waals surface area (Å²) >= 11 is 6.58. The van der Waals surface area contributed by atoms with Gasteiger partial charge < -0.3 is 14.8 Å². The molecule has 2 aromatic carbocycles. The maximum Gasteiger partial charge on any atom is 0.321 e. The van der Waals surface area contributed by atoms with Crippen molar-refractivity contribution >= 4 is 28.5 Å².